The largest absolute Gasteiger partial charge is 0.478 e. The number of nitriles is 1. The molecule has 1 aromatic rings. The number of aliphatic carboxylic acids is 1. The highest BCUT2D eigenvalue weighted by atomic mass is 32.1. The zero-order valence-electron chi connectivity index (χ0n) is 10.7. The zero-order chi connectivity index (χ0) is 14.4. The van der Waals surface area contributed by atoms with Gasteiger partial charge in [-0.15, -0.1) is 11.3 Å². The molecule has 0 aromatic carbocycles. The van der Waals surface area contributed by atoms with E-state index in [4.69, 9.17) is 10.4 Å². The monoisotopic (exact) mass is 278 g/mol. The summed E-state index contributed by atoms with van der Waals surface area (Å²) < 4.78 is 0. The Balaban J connectivity index is 2.79. The Labute approximate surface area is 115 Å². The Kier molecular flexibility index (Phi) is 5.27. The number of hydrogen-bond acceptors (Lipinski definition) is 4. The molecule has 0 radical (unpaired) electrons. The number of thiophene rings is 1. The number of carboxylic acid groups (broad SMARTS) is 1. The maximum Gasteiger partial charge on any atom is 0.328 e. The highest BCUT2D eigenvalue weighted by Crippen LogP contribution is 2.18. The fourth-order valence-corrected chi connectivity index (χ4v) is 2.15. The molecule has 6 heteroatoms. The number of carbonyl (C=O) groups excluding carboxylic acids is 1. The van der Waals surface area contributed by atoms with Crippen LogP contribution in [0.4, 0.5) is 0 Å². The molecule has 5 nitrogen and oxygen atoms in total. The van der Waals surface area contributed by atoms with E-state index in [1.807, 2.05) is 6.07 Å². The molecule has 1 heterocycles. The highest BCUT2D eigenvalue weighted by molar-refractivity contribution is 7.11. The molecule has 0 fully saturated rings. The minimum Gasteiger partial charge on any atom is -0.478 e. The maximum atomic E-state index is 12.1. The lowest BCUT2D eigenvalue weighted by Gasteiger charge is -2.22. The van der Waals surface area contributed by atoms with Crippen molar-refractivity contribution in [2.75, 3.05) is 7.05 Å². The van der Waals surface area contributed by atoms with Crippen LogP contribution in [0.15, 0.2) is 17.5 Å². The number of nitrogens with zero attached hydrogens (tertiary/aromatic N) is 2. The van der Waals surface area contributed by atoms with E-state index in [0.29, 0.717) is 10.4 Å². The number of hydrogen-bond donors (Lipinski definition) is 1. The van der Waals surface area contributed by atoms with Gasteiger partial charge in [-0.2, -0.15) is 5.26 Å². The molecule has 1 N–H and O–H groups in total. The molecular formula is C13H14N2O3S. The van der Waals surface area contributed by atoms with Crippen LogP contribution in [0.1, 0.15) is 28.6 Å². The quantitative estimate of drug-likeness (QED) is 0.837. The molecule has 0 saturated carbocycles. The van der Waals surface area contributed by atoms with Gasteiger partial charge in [-0.1, -0.05) is 0 Å². The van der Waals surface area contributed by atoms with Gasteiger partial charge in [0, 0.05) is 29.4 Å². The van der Waals surface area contributed by atoms with Crippen molar-refractivity contribution < 1.29 is 14.7 Å². The summed E-state index contributed by atoms with van der Waals surface area (Å²) in [7, 11) is 1.65. The van der Waals surface area contributed by atoms with Crippen LogP contribution in [0.3, 0.4) is 0 Å². The fourth-order valence-electron chi connectivity index (χ4n) is 1.38. The highest BCUT2D eigenvalue weighted by Gasteiger charge is 2.18. The van der Waals surface area contributed by atoms with Crippen LogP contribution in [0.25, 0.3) is 6.08 Å². The molecular weight excluding hydrogens is 264 g/mol. The molecule has 0 aliphatic rings. The molecule has 1 amide bonds. The van der Waals surface area contributed by atoms with Crippen molar-refractivity contribution in [3.8, 4) is 6.07 Å². The van der Waals surface area contributed by atoms with Crippen LogP contribution in [0.5, 0.6) is 0 Å². The second kappa shape index (κ2) is 6.71. The van der Waals surface area contributed by atoms with Gasteiger partial charge in [0.1, 0.15) is 0 Å². The van der Waals surface area contributed by atoms with Crippen LogP contribution in [0.2, 0.25) is 0 Å². The van der Waals surface area contributed by atoms with Gasteiger partial charge in [0.15, 0.2) is 0 Å². The van der Waals surface area contributed by atoms with E-state index in [1.54, 1.807) is 25.4 Å². The minimum absolute atomic E-state index is 0.157. The minimum atomic E-state index is -1.03. The predicted molar refractivity (Wildman–Crippen MR) is 72.8 cm³/mol. The molecule has 0 aliphatic carbocycles. The first-order valence-electron chi connectivity index (χ1n) is 5.59. The van der Waals surface area contributed by atoms with Crippen LogP contribution in [-0.4, -0.2) is 35.0 Å². The van der Waals surface area contributed by atoms with Gasteiger partial charge in [-0.25, -0.2) is 4.79 Å². The van der Waals surface area contributed by atoms with Crippen LogP contribution in [-0.2, 0) is 4.79 Å². The summed E-state index contributed by atoms with van der Waals surface area (Å²) in [5, 5.41) is 18.8. The normalized spacial score (nSPS) is 12.1. The van der Waals surface area contributed by atoms with Gasteiger partial charge in [0.25, 0.3) is 5.91 Å². The molecule has 0 saturated heterocycles. The first-order chi connectivity index (χ1) is 8.95. The molecule has 1 aromatic heterocycles. The van der Waals surface area contributed by atoms with Gasteiger partial charge in [-0.05, 0) is 19.1 Å². The third-order valence-corrected chi connectivity index (χ3v) is 3.52. The number of amides is 1. The number of carboxylic acids is 1. The molecule has 0 aliphatic heterocycles. The summed E-state index contributed by atoms with van der Waals surface area (Å²) in [5.74, 6) is -1.20. The van der Waals surface area contributed by atoms with E-state index in [0.717, 1.165) is 6.08 Å². The maximum absolute atomic E-state index is 12.1. The zero-order valence-corrected chi connectivity index (χ0v) is 11.5. The smallest absolute Gasteiger partial charge is 0.328 e. The fraction of sp³-hybridized carbons (Fsp3) is 0.308. The summed E-state index contributed by atoms with van der Waals surface area (Å²) in [6.45, 7) is 1.80. The SMILES string of the molecule is CC(CC#N)N(C)C(=O)c1csc(C=CC(=O)O)c1. The summed E-state index contributed by atoms with van der Waals surface area (Å²) in [5.41, 5.74) is 0.502. The summed E-state index contributed by atoms with van der Waals surface area (Å²) >= 11 is 1.30. The van der Waals surface area contributed by atoms with E-state index in [2.05, 4.69) is 0 Å². The third-order valence-electron chi connectivity index (χ3n) is 2.63. The molecule has 19 heavy (non-hydrogen) atoms. The predicted octanol–water partition coefficient (Wildman–Crippen LogP) is 2.22. The lowest BCUT2D eigenvalue weighted by atomic mass is 10.2. The molecule has 1 unspecified atom stereocenters. The lowest BCUT2D eigenvalue weighted by molar-refractivity contribution is -0.131. The van der Waals surface area contributed by atoms with E-state index >= 15 is 0 Å². The average molecular weight is 278 g/mol. The standard InChI is InChI=1S/C13H14N2O3S/c1-9(5-6-14)15(2)13(18)10-7-11(19-8-10)3-4-12(16)17/h3-4,7-9H,5H2,1-2H3,(H,16,17). The van der Waals surface area contributed by atoms with Gasteiger partial charge in [0.05, 0.1) is 18.1 Å². The second-order valence-electron chi connectivity index (χ2n) is 4.04. The number of rotatable bonds is 5. The van der Waals surface area contributed by atoms with Crippen molar-refractivity contribution >= 4 is 29.3 Å². The molecule has 1 atom stereocenters. The van der Waals surface area contributed by atoms with Crippen molar-refractivity contribution in [3.63, 3.8) is 0 Å². The third kappa shape index (κ3) is 4.23. The number of carbonyl (C=O) groups is 2. The second-order valence-corrected chi connectivity index (χ2v) is 4.98. The first-order valence-corrected chi connectivity index (χ1v) is 6.47. The van der Waals surface area contributed by atoms with Crippen molar-refractivity contribution in [3.05, 3.63) is 28.0 Å². The van der Waals surface area contributed by atoms with Gasteiger partial charge < -0.3 is 10.0 Å². The van der Waals surface area contributed by atoms with Crippen LogP contribution >= 0.6 is 11.3 Å². The van der Waals surface area contributed by atoms with Crippen LogP contribution in [0, 0.1) is 11.3 Å². The molecule has 0 spiro atoms. The van der Waals surface area contributed by atoms with Crippen molar-refractivity contribution in [2.45, 2.75) is 19.4 Å². The molecule has 0 bridgehead atoms. The van der Waals surface area contributed by atoms with Gasteiger partial charge in [-0.3, -0.25) is 4.79 Å². The van der Waals surface area contributed by atoms with Gasteiger partial charge >= 0.3 is 5.97 Å². The Bertz CT molecular complexity index is 542. The topological polar surface area (TPSA) is 81.4 Å². The Hall–Kier alpha value is -2.13. The summed E-state index contributed by atoms with van der Waals surface area (Å²) in [6.07, 6.45) is 2.75. The lowest BCUT2D eigenvalue weighted by Crippen LogP contribution is -2.34. The Morgan fingerprint density at radius 2 is 2.32 bits per heavy atom. The van der Waals surface area contributed by atoms with E-state index in [9.17, 15) is 9.59 Å². The summed E-state index contributed by atoms with van der Waals surface area (Å²) in [6, 6.07) is 3.51. The molecule has 1 rings (SSSR count). The van der Waals surface area contributed by atoms with Crippen molar-refractivity contribution in [2.24, 2.45) is 0 Å². The van der Waals surface area contributed by atoms with Gasteiger partial charge in [0.2, 0.25) is 0 Å². The summed E-state index contributed by atoms with van der Waals surface area (Å²) in [4.78, 5) is 24.7. The van der Waals surface area contributed by atoms with E-state index in [-0.39, 0.29) is 18.4 Å². The van der Waals surface area contributed by atoms with Crippen LogP contribution < -0.4 is 0 Å². The molecule has 100 valence electrons. The average Bonchev–Trinajstić information content (AvgIpc) is 2.83. The van der Waals surface area contributed by atoms with Crippen molar-refractivity contribution in [1.29, 1.82) is 5.26 Å². The first kappa shape index (κ1) is 14.9. The van der Waals surface area contributed by atoms with E-state index in [1.165, 1.54) is 22.3 Å². The Morgan fingerprint density at radius 3 is 2.89 bits per heavy atom. The van der Waals surface area contributed by atoms with Crippen molar-refractivity contribution in [1.82, 2.24) is 4.90 Å². The Morgan fingerprint density at radius 1 is 1.63 bits per heavy atom. The van der Waals surface area contributed by atoms with E-state index < -0.39 is 5.97 Å².